The number of ether oxygens (including phenoxy) is 1. The lowest BCUT2D eigenvalue weighted by molar-refractivity contribution is 0.0620. The number of hydrogen-bond acceptors (Lipinski definition) is 5. The summed E-state index contributed by atoms with van der Waals surface area (Å²) in [7, 11) is -3.30. The number of nitrogens with zero attached hydrogens (tertiary/aromatic N) is 3. The Balaban J connectivity index is 1.75. The number of hydrogen-bond donors (Lipinski definition) is 1. The quantitative estimate of drug-likeness (QED) is 0.539. The van der Waals surface area contributed by atoms with Crippen molar-refractivity contribution in [2.75, 3.05) is 19.5 Å². The molecule has 4 heterocycles. The smallest absolute Gasteiger partial charge is 0.175 e. The predicted octanol–water partition coefficient (Wildman–Crippen LogP) is 3.72. The topological polar surface area (TPSA) is 89.9 Å². The van der Waals surface area contributed by atoms with E-state index in [1.54, 1.807) is 12.1 Å². The maximum absolute atomic E-state index is 12.2. The van der Waals surface area contributed by atoms with Crippen molar-refractivity contribution in [3.05, 3.63) is 42.4 Å². The van der Waals surface area contributed by atoms with Crippen LogP contribution in [0.25, 0.3) is 33.1 Å². The molecule has 7 nitrogen and oxygen atoms in total. The van der Waals surface area contributed by atoms with Crippen molar-refractivity contribution in [3.8, 4) is 11.1 Å². The maximum Gasteiger partial charge on any atom is 0.175 e. The minimum Gasteiger partial charge on any atom is -0.381 e. The molecule has 0 unspecified atom stereocenters. The van der Waals surface area contributed by atoms with Crippen molar-refractivity contribution in [1.82, 2.24) is 19.7 Å². The highest BCUT2D eigenvalue weighted by Gasteiger charge is 2.21. The summed E-state index contributed by atoms with van der Waals surface area (Å²) < 4.78 is 32.1. The van der Waals surface area contributed by atoms with Crippen LogP contribution in [0.5, 0.6) is 0 Å². The first-order valence-corrected chi connectivity index (χ1v) is 12.0. The summed E-state index contributed by atoms with van der Waals surface area (Å²) >= 11 is 0. The number of H-pyrrole nitrogens is 1. The number of aryl methyl sites for hydroxylation is 1. The summed E-state index contributed by atoms with van der Waals surface area (Å²) in [5, 5.41) is 8.11. The molecule has 30 heavy (non-hydrogen) atoms. The number of fused-ring (bicyclic) bond motifs is 3. The molecule has 3 aromatic heterocycles. The van der Waals surface area contributed by atoms with Gasteiger partial charge in [-0.05, 0) is 49.9 Å². The van der Waals surface area contributed by atoms with Gasteiger partial charge >= 0.3 is 0 Å². The molecule has 0 spiro atoms. The highest BCUT2D eigenvalue weighted by atomic mass is 32.2. The van der Waals surface area contributed by atoms with E-state index in [1.807, 2.05) is 25.4 Å². The fraction of sp³-hybridized carbons (Fsp3) is 0.364. The van der Waals surface area contributed by atoms with Gasteiger partial charge in [0.1, 0.15) is 0 Å². The van der Waals surface area contributed by atoms with Crippen molar-refractivity contribution in [1.29, 1.82) is 0 Å². The van der Waals surface area contributed by atoms with E-state index in [0.717, 1.165) is 71.4 Å². The summed E-state index contributed by atoms with van der Waals surface area (Å²) in [5.74, 6) is 0.485. The normalized spacial score (nSPS) is 15.9. The summed E-state index contributed by atoms with van der Waals surface area (Å²) in [6.45, 7) is 4.32. The van der Waals surface area contributed by atoms with Crippen LogP contribution in [0.4, 0.5) is 0 Å². The zero-order valence-electron chi connectivity index (χ0n) is 17.1. The SMILES string of the molecule is Cc1n[nH]cc1-c1cnc2c3ccc(S(C)(=O)=O)cc3n(CC3CCOCC3)c2c1. The molecular weight excluding hydrogens is 400 g/mol. The first-order valence-electron chi connectivity index (χ1n) is 10.1. The van der Waals surface area contributed by atoms with Crippen LogP contribution in [0.15, 0.2) is 41.6 Å². The van der Waals surface area contributed by atoms with Crippen LogP contribution in [-0.4, -0.2) is 47.6 Å². The number of benzene rings is 1. The van der Waals surface area contributed by atoms with Gasteiger partial charge in [0.25, 0.3) is 0 Å². The van der Waals surface area contributed by atoms with Gasteiger partial charge in [-0.2, -0.15) is 5.10 Å². The van der Waals surface area contributed by atoms with E-state index in [9.17, 15) is 8.42 Å². The Hall–Kier alpha value is -2.71. The zero-order valence-corrected chi connectivity index (χ0v) is 17.9. The third kappa shape index (κ3) is 3.30. The summed E-state index contributed by atoms with van der Waals surface area (Å²) in [5.41, 5.74) is 5.75. The molecule has 8 heteroatoms. The largest absolute Gasteiger partial charge is 0.381 e. The molecule has 0 bridgehead atoms. The lowest BCUT2D eigenvalue weighted by Gasteiger charge is -2.23. The van der Waals surface area contributed by atoms with Crippen LogP contribution in [-0.2, 0) is 21.1 Å². The van der Waals surface area contributed by atoms with Gasteiger partial charge in [-0.15, -0.1) is 0 Å². The van der Waals surface area contributed by atoms with Crippen LogP contribution < -0.4 is 0 Å². The van der Waals surface area contributed by atoms with Gasteiger partial charge in [-0.3, -0.25) is 10.1 Å². The maximum atomic E-state index is 12.2. The number of sulfone groups is 1. The first-order chi connectivity index (χ1) is 14.4. The Labute approximate surface area is 175 Å². The average molecular weight is 425 g/mol. The van der Waals surface area contributed by atoms with Crippen LogP contribution in [0.3, 0.4) is 0 Å². The molecule has 4 aromatic rings. The van der Waals surface area contributed by atoms with Gasteiger partial charge in [0.15, 0.2) is 9.84 Å². The van der Waals surface area contributed by atoms with Crippen molar-refractivity contribution < 1.29 is 13.2 Å². The van der Waals surface area contributed by atoms with E-state index in [-0.39, 0.29) is 0 Å². The Kier molecular flexibility index (Phi) is 4.63. The molecule has 1 saturated heterocycles. The fourth-order valence-electron chi connectivity index (χ4n) is 4.34. The fourth-order valence-corrected chi connectivity index (χ4v) is 4.98. The number of rotatable bonds is 4. The van der Waals surface area contributed by atoms with Crippen LogP contribution in [0, 0.1) is 12.8 Å². The molecule has 0 aliphatic carbocycles. The van der Waals surface area contributed by atoms with Crippen molar-refractivity contribution in [2.24, 2.45) is 5.92 Å². The van der Waals surface area contributed by atoms with Crippen molar-refractivity contribution in [2.45, 2.75) is 31.2 Å². The molecule has 1 N–H and O–H groups in total. The summed E-state index contributed by atoms with van der Waals surface area (Å²) in [4.78, 5) is 5.11. The molecule has 0 atom stereocenters. The molecule has 1 aromatic carbocycles. The second-order valence-electron chi connectivity index (χ2n) is 8.09. The molecule has 5 rings (SSSR count). The predicted molar refractivity (Wildman–Crippen MR) is 116 cm³/mol. The lowest BCUT2D eigenvalue weighted by atomic mass is 10.0. The Morgan fingerprint density at radius 1 is 1.20 bits per heavy atom. The van der Waals surface area contributed by atoms with Gasteiger partial charge in [0.05, 0.1) is 27.1 Å². The minimum absolute atomic E-state index is 0.330. The Bertz CT molecular complexity index is 1350. The molecule has 1 fully saturated rings. The van der Waals surface area contributed by atoms with Crippen molar-refractivity contribution >= 4 is 31.8 Å². The Morgan fingerprint density at radius 3 is 2.70 bits per heavy atom. The van der Waals surface area contributed by atoms with E-state index >= 15 is 0 Å². The van der Waals surface area contributed by atoms with E-state index in [4.69, 9.17) is 9.72 Å². The lowest BCUT2D eigenvalue weighted by Crippen LogP contribution is -2.20. The van der Waals surface area contributed by atoms with E-state index < -0.39 is 9.84 Å². The van der Waals surface area contributed by atoms with Gasteiger partial charge in [-0.1, -0.05) is 0 Å². The summed E-state index contributed by atoms with van der Waals surface area (Å²) in [6.07, 6.45) is 6.99. The van der Waals surface area contributed by atoms with Crippen LogP contribution in [0.1, 0.15) is 18.5 Å². The number of pyridine rings is 1. The van der Waals surface area contributed by atoms with E-state index in [0.29, 0.717) is 10.8 Å². The third-order valence-electron chi connectivity index (χ3n) is 6.03. The molecule has 0 amide bonds. The summed E-state index contributed by atoms with van der Waals surface area (Å²) in [6, 6.07) is 7.48. The van der Waals surface area contributed by atoms with Gasteiger partial charge in [0, 0.05) is 54.9 Å². The number of nitrogens with one attached hydrogen (secondary N) is 1. The third-order valence-corrected chi connectivity index (χ3v) is 7.14. The average Bonchev–Trinajstić information content (AvgIpc) is 3.29. The highest BCUT2D eigenvalue weighted by Crippen LogP contribution is 2.34. The number of aromatic amines is 1. The minimum atomic E-state index is -3.30. The number of aromatic nitrogens is 4. The second kappa shape index (κ2) is 7.21. The van der Waals surface area contributed by atoms with Crippen LogP contribution >= 0.6 is 0 Å². The standard InChI is InChI=1S/C22H24N4O3S/c1-14-19(12-24-25-14)16-9-21-22(23-11-16)18-4-3-17(30(2,27)28)10-20(18)26(21)13-15-5-7-29-8-6-15/h3-4,9-12,15H,5-8,13H2,1-2H3,(H,24,25). The molecule has 1 aliphatic rings. The van der Waals surface area contributed by atoms with Crippen molar-refractivity contribution in [3.63, 3.8) is 0 Å². The molecule has 1 aliphatic heterocycles. The molecule has 0 radical (unpaired) electrons. The monoisotopic (exact) mass is 424 g/mol. The molecular formula is C22H24N4O3S. The van der Waals surface area contributed by atoms with Gasteiger partial charge < -0.3 is 9.30 Å². The Morgan fingerprint density at radius 2 is 2.00 bits per heavy atom. The second-order valence-corrected chi connectivity index (χ2v) is 10.1. The first kappa shape index (κ1) is 19.3. The van der Waals surface area contributed by atoms with Gasteiger partial charge in [0.2, 0.25) is 0 Å². The van der Waals surface area contributed by atoms with Gasteiger partial charge in [-0.25, -0.2) is 8.42 Å². The molecule has 156 valence electrons. The van der Waals surface area contributed by atoms with E-state index in [1.165, 1.54) is 6.26 Å². The molecule has 0 saturated carbocycles. The zero-order chi connectivity index (χ0) is 20.9. The highest BCUT2D eigenvalue weighted by molar-refractivity contribution is 7.90. The van der Waals surface area contributed by atoms with Crippen LogP contribution in [0.2, 0.25) is 0 Å². The van der Waals surface area contributed by atoms with E-state index in [2.05, 4.69) is 20.8 Å².